The van der Waals surface area contributed by atoms with Gasteiger partial charge in [-0.15, -0.1) is 0 Å². The van der Waals surface area contributed by atoms with E-state index in [1.165, 1.54) is 19.3 Å². The van der Waals surface area contributed by atoms with Crippen molar-refractivity contribution < 1.29 is 0 Å². The van der Waals surface area contributed by atoms with E-state index in [1.54, 1.807) is 0 Å². The molecule has 3 unspecified atom stereocenters. The highest BCUT2D eigenvalue weighted by Gasteiger charge is 2.36. The van der Waals surface area contributed by atoms with Crippen molar-refractivity contribution in [1.82, 2.24) is 10.9 Å². The number of hydrazine groups is 1. The summed E-state index contributed by atoms with van der Waals surface area (Å²) in [6.45, 7) is 0. The fourth-order valence-electron chi connectivity index (χ4n) is 1.91. The predicted molar refractivity (Wildman–Crippen MR) is 35.4 cm³/mol. The van der Waals surface area contributed by atoms with Crippen LogP contribution in [-0.2, 0) is 0 Å². The number of nitrogens with two attached hydrogens (primary N) is 1. The zero-order valence-electron chi connectivity index (χ0n) is 5.43. The topological polar surface area (TPSA) is 50.1 Å². The molecule has 9 heavy (non-hydrogen) atoms. The maximum atomic E-state index is 5.75. The lowest BCUT2D eigenvalue weighted by atomic mass is 10.0. The summed E-state index contributed by atoms with van der Waals surface area (Å²) in [5.74, 6) is 0.699. The molecule has 0 aromatic rings. The lowest BCUT2D eigenvalue weighted by Gasteiger charge is -2.09. The van der Waals surface area contributed by atoms with Crippen LogP contribution in [0, 0.1) is 5.92 Å². The number of fused-ring (bicyclic) bond motifs is 1. The Hall–Kier alpha value is -0.120. The molecule has 0 amide bonds. The number of rotatable bonds is 0. The molecule has 2 rings (SSSR count). The fourth-order valence-corrected chi connectivity index (χ4v) is 1.91. The molecule has 3 atom stereocenters. The number of nitrogens with one attached hydrogen (secondary N) is 2. The molecule has 0 aromatic heterocycles. The third-order valence-corrected chi connectivity index (χ3v) is 2.47. The smallest absolute Gasteiger partial charge is 0.0723 e. The molecule has 2 fully saturated rings. The molecule has 2 aliphatic rings. The zero-order chi connectivity index (χ0) is 6.27. The van der Waals surface area contributed by atoms with E-state index in [0.717, 1.165) is 0 Å². The summed E-state index contributed by atoms with van der Waals surface area (Å²) in [7, 11) is 0. The second-order valence-electron chi connectivity index (χ2n) is 3.02. The highest BCUT2D eigenvalue weighted by atomic mass is 15.5. The van der Waals surface area contributed by atoms with Crippen LogP contribution in [0.2, 0.25) is 0 Å². The van der Waals surface area contributed by atoms with Crippen LogP contribution in [0.5, 0.6) is 0 Å². The third kappa shape index (κ3) is 0.764. The molecule has 3 heteroatoms. The zero-order valence-corrected chi connectivity index (χ0v) is 5.43. The van der Waals surface area contributed by atoms with Gasteiger partial charge in [-0.25, -0.2) is 5.43 Å². The van der Waals surface area contributed by atoms with Gasteiger partial charge in [0.2, 0.25) is 0 Å². The summed E-state index contributed by atoms with van der Waals surface area (Å²) in [5, 5.41) is 0. The maximum Gasteiger partial charge on any atom is 0.0723 e. The Morgan fingerprint density at radius 2 is 2.11 bits per heavy atom. The molecule has 0 bridgehead atoms. The van der Waals surface area contributed by atoms with Crippen molar-refractivity contribution in [1.29, 1.82) is 0 Å². The van der Waals surface area contributed by atoms with Gasteiger partial charge in [0.15, 0.2) is 0 Å². The molecule has 3 nitrogen and oxygen atoms in total. The minimum absolute atomic E-state index is 0.206. The molecular formula is C6H13N3. The molecule has 0 aromatic carbocycles. The van der Waals surface area contributed by atoms with Gasteiger partial charge in [0, 0.05) is 12.0 Å². The summed E-state index contributed by atoms with van der Waals surface area (Å²) in [5.41, 5.74) is 12.0. The fraction of sp³-hybridized carbons (Fsp3) is 1.00. The van der Waals surface area contributed by atoms with E-state index in [-0.39, 0.29) is 6.17 Å². The Kier molecular flexibility index (Phi) is 1.22. The summed E-state index contributed by atoms with van der Waals surface area (Å²) >= 11 is 0. The molecule has 1 saturated heterocycles. The first-order chi connectivity index (χ1) is 4.38. The van der Waals surface area contributed by atoms with Crippen LogP contribution in [0.25, 0.3) is 0 Å². The first-order valence-electron chi connectivity index (χ1n) is 3.64. The Morgan fingerprint density at radius 1 is 1.22 bits per heavy atom. The lowest BCUT2D eigenvalue weighted by molar-refractivity contribution is 0.457. The van der Waals surface area contributed by atoms with E-state index in [2.05, 4.69) is 10.9 Å². The van der Waals surface area contributed by atoms with Crippen LogP contribution < -0.4 is 16.6 Å². The van der Waals surface area contributed by atoms with Crippen LogP contribution in [0.1, 0.15) is 19.3 Å². The molecule has 0 spiro atoms. The molecule has 0 radical (unpaired) electrons. The standard InChI is InChI=1S/C6H13N3/c7-6-4-2-1-3-5(4)8-9-6/h4-6,8-9H,1-3,7H2. The Morgan fingerprint density at radius 3 is 2.89 bits per heavy atom. The van der Waals surface area contributed by atoms with Gasteiger partial charge in [0.05, 0.1) is 6.17 Å². The van der Waals surface area contributed by atoms with Crippen molar-refractivity contribution in [3.63, 3.8) is 0 Å². The summed E-state index contributed by atoms with van der Waals surface area (Å²) in [6, 6.07) is 0.667. The number of hydrogen-bond donors (Lipinski definition) is 3. The number of hydrogen-bond acceptors (Lipinski definition) is 3. The van der Waals surface area contributed by atoms with Gasteiger partial charge in [-0.1, -0.05) is 6.42 Å². The van der Waals surface area contributed by atoms with Crippen molar-refractivity contribution >= 4 is 0 Å². The van der Waals surface area contributed by atoms with E-state index in [4.69, 9.17) is 5.73 Å². The minimum Gasteiger partial charge on any atom is -0.315 e. The van der Waals surface area contributed by atoms with Crippen LogP contribution in [0.3, 0.4) is 0 Å². The second-order valence-corrected chi connectivity index (χ2v) is 3.02. The van der Waals surface area contributed by atoms with Gasteiger partial charge >= 0.3 is 0 Å². The summed E-state index contributed by atoms with van der Waals surface area (Å²) in [6.07, 6.45) is 4.15. The quantitative estimate of drug-likeness (QED) is 0.413. The van der Waals surface area contributed by atoms with Gasteiger partial charge in [0.25, 0.3) is 0 Å². The molecule has 1 aliphatic heterocycles. The molecule has 1 heterocycles. The predicted octanol–water partition coefficient (Wildman–Crippen LogP) is -0.452. The highest BCUT2D eigenvalue weighted by molar-refractivity contribution is 4.91. The largest absolute Gasteiger partial charge is 0.315 e. The van der Waals surface area contributed by atoms with Gasteiger partial charge < -0.3 is 5.73 Å². The minimum atomic E-state index is 0.206. The molecule has 1 aliphatic carbocycles. The van der Waals surface area contributed by atoms with Crippen LogP contribution in [-0.4, -0.2) is 12.2 Å². The summed E-state index contributed by atoms with van der Waals surface area (Å²) in [4.78, 5) is 0. The van der Waals surface area contributed by atoms with E-state index < -0.39 is 0 Å². The van der Waals surface area contributed by atoms with Crippen LogP contribution in [0.4, 0.5) is 0 Å². The average molecular weight is 127 g/mol. The monoisotopic (exact) mass is 127 g/mol. The van der Waals surface area contributed by atoms with E-state index in [1.807, 2.05) is 0 Å². The Labute approximate surface area is 55.0 Å². The normalized spacial score (nSPS) is 49.7. The van der Waals surface area contributed by atoms with Crippen LogP contribution >= 0.6 is 0 Å². The molecule has 1 saturated carbocycles. The highest BCUT2D eigenvalue weighted by Crippen LogP contribution is 2.29. The lowest BCUT2D eigenvalue weighted by Crippen LogP contribution is -2.39. The van der Waals surface area contributed by atoms with Crippen LogP contribution in [0.15, 0.2) is 0 Å². The third-order valence-electron chi connectivity index (χ3n) is 2.47. The van der Waals surface area contributed by atoms with Crippen molar-refractivity contribution in [2.24, 2.45) is 11.7 Å². The Balaban J connectivity index is 2.07. The average Bonchev–Trinajstić information content (AvgIpc) is 2.35. The SMILES string of the molecule is NC1NNC2CCCC12. The summed E-state index contributed by atoms with van der Waals surface area (Å²) < 4.78 is 0. The molecular weight excluding hydrogens is 114 g/mol. The van der Waals surface area contributed by atoms with Crippen molar-refractivity contribution in [3.8, 4) is 0 Å². The van der Waals surface area contributed by atoms with Gasteiger partial charge in [-0.3, -0.25) is 5.43 Å². The van der Waals surface area contributed by atoms with Gasteiger partial charge in [-0.2, -0.15) is 0 Å². The second kappa shape index (κ2) is 1.94. The van der Waals surface area contributed by atoms with Crippen molar-refractivity contribution in [2.45, 2.75) is 31.5 Å². The maximum absolute atomic E-state index is 5.75. The first kappa shape index (κ1) is 5.65. The van der Waals surface area contributed by atoms with E-state index in [9.17, 15) is 0 Å². The Bertz CT molecular complexity index is 115. The molecule has 52 valence electrons. The van der Waals surface area contributed by atoms with Gasteiger partial charge in [0.1, 0.15) is 0 Å². The first-order valence-corrected chi connectivity index (χ1v) is 3.64. The van der Waals surface area contributed by atoms with E-state index >= 15 is 0 Å². The molecule has 4 N–H and O–H groups in total. The van der Waals surface area contributed by atoms with Gasteiger partial charge in [-0.05, 0) is 12.8 Å². The van der Waals surface area contributed by atoms with Crippen molar-refractivity contribution in [3.05, 3.63) is 0 Å². The van der Waals surface area contributed by atoms with E-state index in [0.29, 0.717) is 12.0 Å². The van der Waals surface area contributed by atoms with Crippen molar-refractivity contribution in [2.75, 3.05) is 0 Å².